The molecule has 0 aromatic carbocycles. The maximum absolute atomic E-state index is 11.5. The van der Waals surface area contributed by atoms with E-state index in [0.29, 0.717) is 0 Å². The van der Waals surface area contributed by atoms with Crippen LogP contribution in [0.2, 0.25) is 0 Å². The van der Waals surface area contributed by atoms with Gasteiger partial charge in [-0.05, 0) is 4.92 Å². The summed E-state index contributed by atoms with van der Waals surface area (Å²) in [5, 5.41) is 30.4. The van der Waals surface area contributed by atoms with E-state index in [-0.39, 0.29) is 12.2 Å². The zero-order valence-electron chi connectivity index (χ0n) is 9.03. The molecule has 0 aliphatic rings. The van der Waals surface area contributed by atoms with Crippen molar-refractivity contribution in [3.8, 4) is 0 Å². The smallest absolute Gasteiger partial charge is 0.394 e. The Bertz CT molecular complexity index is 430. The van der Waals surface area contributed by atoms with Gasteiger partial charge < -0.3 is 25.6 Å². The average Bonchev–Trinajstić information content (AvgIpc) is 2.67. The molecule has 1 unspecified atom stereocenters. The van der Waals surface area contributed by atoms with Crippen LogP contribution in [0.4, 0.5) is 5.95 Å². The third kappa shape index (κ3) is 2.98. The van der Waals surface area contributed by atoms with E-state index in [1.165, 1.54) is 7.05 Å². The quantitative estimate of drug-likeness (QED) is 0.423. The number of carbonyl (C=O) groups is 1. The van der Waals surface area contributed by atoms with Crippen molar-refractivity contribution in [3.63, 3.8) is 0 Å². The molecule has 0 bridgehead atoms. The zero-order chi connectivity index (χ0) is 13.0. The minimum Gasteiger partial charge on any atom is -0.394 e. The van der Waals surface area contributed by atoms with Gasteiger partial charge in [-0.1, -0.05) is 4.98 Å². The van der Waals surface area contributed by atoms with E-state index in [1.807, 2.05) is 0 Å². The van der Waals surface area contributed by atoms with Crippen molar-refractivity contribution in [3.05, 3.63) is 22.0 Å². The molecule has 17 heavy (non-hydrogen) atoms. The highest BCUT2D eigenvalue weighted by molar-refractivity contribution is 5.92. The third-order valence-electron chi connectivity index (χ3n) is 2.07. The summed E-state index contributed by atoms with van der Waals surface area (Å²) in [5.41, 5.74) is 0.00170. The van der Waals surface area contributed by atoms with Gasteiger partial charge in [0.15, 0.2) is 6.20 Å². The lowest BCUT2D eigenvalue weighted by Crippen LogP contribution is -2.34. The molecule has 0 radical (unpaired) electrons. The van der Waals surface area contributed by atoms with Gasteiger partial charge in [0.05, 0.1) is 19.8 Å². The number of amides is 1. The summed E-state index contributed by atoms with van der Waals surface area (Å²) >= 11 is 0. The molecule has 1 heterocycles. The number of aliphatic hydroxyl groups is 2. The monoisotopic (exact) mass is 244 g/mol. The van der Waals surface area contributed by atoms with Crippen LogP contribution in [0.25, 0.3) is 0 Å². The summed E-state index contributed by atoms with van der Waals surface area (Å²) in [6.07, 6.45) is 0.000806. The van der Waals surface area contributed by atoms with E-state index in [1.54, 1.807) is 0 Å². The molecule has 1 rings (SSSR count). The first-order chi connectivity index (χ1) is 7.97. The molecule has 0 saturated heterocycles. The Morgan fingerprint density at radius 2 is 2.41 bits per heavy atom. The fourth-order valence-electron chi connectivity index (χ4n) is 1.15. The van der Waals surface area contributed by atoms with Gasteiger partial charge in [-0.15, -0.1) is 0 Å². The number of carbonyl (C=O) groups excluding carboxylic acids is 1. The molecule has 0 aliphatic heterocycles. The van der Waals surface area contributed by atoms with Gasteiger partial charge in [0, 0.05) is 6.54 Å². The van der Waals surface area contributed by atoms with Crippen LogP contribution in [0.3, 0.4) is 0 Å². The van der Waals surface area contributed by atoms with Crippen molar-refractivity contribution >= 4 is 11.9 Å². The van der Waals surface area contributed by atoms with Gasteiger partial charge in [0.1, 0.15) is 0 Å². The number of imidazole rings is 1. The molecular weight excluding hydrogens is 232 g/mol. The van der Waals surface area contributed by atoms with Gasteiger partial charge in [0.2, 0.25) is 5.69 Å². The van der Waals surface area contributed by atoms with Crippen LogP contribution in [0.1, 0.15) is 10.5 Å². The SMILES string of the molecule is Cn1c(C(=O)NCC(O)CO)cnc1[N+](=O)[O-]. The molecule has 0 aliphatic carbocycles. The molecule has 0 spiro atoms. The lowest BCUT2D eigenvalue weighted by atomic mass is 10.3. The highest BCUT2D eigenvalue weighted by Gasteiger charge is 2.22. The van der Waals surface area contributed by atoms with Gasteiger partial charge in [0.25, 0.3) is 5.91 Å². The molecule has 9 heteroatoms. The number of hydrogen-bond donors (Lipinski definition) is 3. The van der Waals surface area contributed by atoms with Crippen LogP contribution in [0.5, 0.6) is 0 Å². The van der Waals surface area contributed by atoms with Crippen LogP contribution in [-0.2, 0) is 7.05 Å². The second-order valence-corrected chi connectivity index (χ2v) is 3.31. The molecule has 1 atom stereocenters. The van der Waals surface area contributed by atoms with Crippen molar-refractivity contribution in [2.24, 2.45) is 7.05 Å². The summed E-state index contributed by atoms with van der Waals surface area (Å²) in [4.78, 5) is 24.8. The topological polar surface area (TPSA) is 131 Å². The largest absolute Gasteiger partial charge is 0.434 e. The average molecular weight is 244 g/mol. The standard InChI is InChI=1S/C8H12N4O5/c1-11-6(3-10-8(11)12(16)17)7(15)9-2-5(14)4-13/h3,5,13-14H,2,4H2,1H3,(H,9,15). The Balaban J connectivity index is 2.73. The Kier molecular flexibility index (Phi) is 4.12. The van der Waals surface area contributed by atoms with Gasteiger partial charge in [-0.25, -0.2) is 4.57 Å². The normalized spacial score (nSPS) is 12.2. The fraction of sp³-hybridized carbons (Fsp3) is 0.500. The van der Waals surface area contributed by atoms with E-state index in [0.717, 1.165) is 10.8 Å². The molecule has 9 nitrogen and oxygen atoms in total. The zero-order valence-corrected chi connectivity index (χ0v) is 9.03. The second-order valence-electron chi connectivity index (χ2n) is 3.31. The molecule has 1 amide bonds. The first-order valence-electron chi connectivity index (χ1n) is 4.70. The van der Waals surface area contributed by atoms with Gasteiger partial charge in [-0.3, -0.25) is 4.79 Å². The van der Waals surface area contributed by atoms with E-state index in [2.05, 4.69) is 10.3 Å². The van der Waals surface area contributed by atoms with Crippen molar-refractivity contribution in [2.75, 3.05) is 13.2 Å². The van der Waals surface area contributed by atoms with Crippen molar-refractivity contribution in [2.45, 2.75) is 6.10 Å². The Labute approximate surface area is 95.8 Å². The second kappa shape index (κ2) is 5.37. The van der Waals surface area contributed by atoms with Crippen molar-refractivity contribution in [1.82, 2.24) is 14.9 Å². The lowest BCUT2D eigenvalue weighted by Gasteiger charge is -2.07. The molecule has 1 aromatic heterocycles. The minimum absolute atomic E-state index is 0.00170. The van der Waals surface area contributed by atoms with Crippen molar-refractivity contribution in [1.29, 1.82) is 0 Å². The number of aromatic nitrogens is 2. The van der Waals surface area contributed by atoms with Crippen LogP contribution in [-0.4, -0.2) is 49.9 Å². The van der Waals surface area contributed by atoms with Crippen LogP contribution in [0, 0.1) is 10.1 Å². The van der Waals surface area contributed by atoms with E-state index in [9.17, 15) is 14.9 Å². The fourth-order valence-corrected chi connectivity index (χ4v) is 1.15. The van der Waals surface area contributed by atoms with Crippen LogP contribution < -0.4 is 5.32 Å². The Morgan fingerprint density at radius 1 is 1.76 bits per heavy atom. The van der Waals surface area contributed by atoms with Gasteiger partial charge >= 0.3 is 5.95 Å². The summed E-state index contributed by atoms with van der Waals surface area (Å²) in [5.74, 6) is -1.06. The minimum atomic E-state index is -1.07. The number of nitrogens with zero attached hydrogens (tertiary/aromatic N) is 3. The first-order valence-corrected chi connectivity index (χ1v) is 4.70. The number of aliphatic hydroxyl groups excluding tert-OH is 2. The number of hydrogen-bond acceptors (Lipinski definition) is 6. The highest BCUT2D eigenvalue weighted by Crippen LogP contribution is 2.10. The summed E-state index contributed by atoms with van der Waals surface area (Å²) in [6, 6.07) is 0. The summed E-state index contributed by atoms with van der Waals surface area (Å²) in [6.45, 7) is -0.625. The summed E-state index contributed by atoms with van der Waals surface area (Å²) in [7, 11) is 1.34. The Morgan fingerprint density at radius 3 is 2.88 bits per heavy atom. The maximum Gasteiger partial charge on any atom is 0.434 e. The van der Waals surface area contributed by atoms with Crippen LogP contribution >= 0.6 is 0 Å². The molecule has 0 saturated carbocycles. The number of rotatable bonds is 5. The van der Waals surface area contributed by atoms with Gasteiger partial charge in [-0.2, -0.15) is 0 Å². The first kappa shape index (κ1) is 13.1. The molecule has 94 valence electrons. The Hall–Kier alpha value is -2.00. The number of nitro groups is 1. The predicted octanol–water partition coefficient (Wildman–Crippen LogP) is -1.59. The molecular formula is C8H12N4O5. The lowest BCUT2D eigenvalue weighted by molar-refractivity contribution is -0.396. The van der Waals surface area contributed by atoms with E-state index < -0.39 is 29.5 Å². The highest BCUT2D eigenvalue weighted by atomic mass is 16.6. The summed E-state index contributed by atoms with van der Waals surface area (Å²) < 4.78 is 1.03. The van der Waals surface area contributed by atoms with E-state index in [4.69, 9.17) is 10.2 Å². The molecule has 3 N–H and O–H groups in total. The molecule has 1 aromatic rings. The van der Waals surface area contributed by atoms with Crippen molar-refractivity contribution < 1.29 is 19.9 Å². The number of nitrogens with one attached hydrogen (secondary N) is 1. The van der Waals surface area contributed by atoms with E-state index >= 15 is 0 Å². The predicted molar refractivity (Wildman–Crippen MR) is 55.3 cm³/mol. The third-order valence-corrected chi connectivity index (χ3v) is 2.07. The maximum atomic E-state index is 11.5. The van der Waals surface area contributed by atoms with Crippen LogP contribution in [0.15, 0.2) is 6.20 Å². The molecule has 0 fully saturated rings.